The van der Waals surface area contributed by atoms with E-state index in [0.29, 0.717) is 27.1 Å². The maximum absolute atomic E-state index is 5.95. The Hall–Kier alpha value is -1.03. The molecule has 0 spiro atoms. The molecular formula is C10H6Cl3N3. The third-order valence-corrected chi connectivity index (χ3v) is 2.79. The van der Waals surface area contributed by atoms with E-state index in [4.69, 9.17) is 40.5 Å². The lowest BCUT2D eigenvalue weighted by Crippen LogP contribution is -1.92. The van der Waals surface area contributed by atoms with Gasteiger partial charge in [-0.25, -0.2) is 4.98 Å². The van der Waals surface area contributed by atoms with Gasteiger partial charge in [-0.2, -0.15) is 0 Å². The van der Waals surface area contributed by atoms with Gasteiger partial charge in [-0.05, 0) is 18.2 Å². The summed E-state index contributed by atoms with van der Waals surface area (Å²) in [5, 5.41) is 1.01. The topological polar surface area (TPSA) is 51.8 Å². The minimum Gasteiger partial charge on any atom is -0.397 e. The summed E-state index contributed by atoms with van der Waals surface area (Å²) in [7, 11) is 0. The number of halogens is 3. The predicted octanol–water partition coefficient (Wildman–Crippen LogP) is 3.69. The van der Waals surface area contributed by atoms with Crippen molar-refractivity contribution in [1.29, 1.82) is 0 Å². The zero-order valence-electron chi connectivity index (χ0n) is 7.92. The third kappa shape index (κ3) is 2.21. The fraction of sp³-hybridized carbons (Fsp3) is 0. The maximum atomic E-state index is 5.95. The van der Waals surface area contributed by atoms with E-state index in [1.54, 1.807) is 18.2 Å². The number of hydrogen-bond donors (Lipinski definition) is 1. The lowest BCUT2D eigenvalue weighted by atomic mass is 10.2. The summed E-state index contributed by atoms with van der Waals surface area (Å²) in [4.78, 5) is 8.04. The largest absolute Gasteiger partial charge is 0.397 e. The number of aromatic nitrogens is 2. The van der Waals surface area contributed by atoms with Crippen LogP contribution in [0.25, 0.3) is 11.3 Å². The lowest BCUT2D eigenvalue weighted by Gasteiger charge is -2.05. The van der Waals surface area contributed by atoms with Crippen LogP contribution >= 0.6 is 34.8 Å². The van der Waals surface area contributed by atoms with E-state index in [1.165, 1.54) is 6.20 Å². The van der Waals surface area contributed by atoms with Gasteiger partial charge in [-0.1, -0.05) is 34.8 Å². The van der Waals surface area contributed by atoms with Crippen molar-refractivity contribution >= 4 is 40.5 Å². The number of pyridine rings is 2. The minimum absolute atomic E-state index is 0.279. The number of anilines is 1. The molecule has 0 fully saturated rings. The van der Waals surface area contributed by atoms with Gasteiger partial charge >= 0.3 is 0 Å². The summed E-state index contributed by atoms with van der Waals surface area (Å²) in [6.45, 7) is 0. The van der Waals surface area contributed by atoms with Crippen molar-refractivity contribution in [2.75, 3.05) is 5.73 Å². The maximum Gasteiger partial charge on any atom is 0.140 e. The van der Waals surface area contributed by atoms with Gasteiger partial charge in [0.15, 0.2) is 0 Å². The number of nitrogens with zero attached hydrogens (tertiary/aromatic N) is 2. The van der Waals surface area contributed by atoms with Crippen LogP contribution in [0, 0.1) is 0 Å². The first kappa shape index (κ1) is 11.5. The second-order valence-corrected chi connectivity index (χ2v) is 4.22. The van der Waals surface area contributed by atoms with Gasteiger partial charge in [0.25, 0.3) is 0 Å². The van der Waals surface area contributed by atoms with E-state index in [2.05, 4.69) is 9.97 Å². The molecule has 3 nitrogen and oxygen atoms in total. The molecule has 0 saturated carbocycles. The Kier molecular flexibility index (Phi) is 3.19. The van der Waals surface area contributed by atoms with Crippen molar-refractivity contribution < 1.29 is 0 Å². The second-order valence-electron chi connectivity index (χ2n) is 3.06. The van der Waals surface area contributed by atoms with Crippen LogP contribution in [-0.2, 0) is 0 Å². The molecule has 2 rings (SSSR count). The number of nitrogens with two attached hydrogens (primary N) is 1. The van der Waals surface area contributed by atoms with Crippen molar-refractivity contribution in [1.82, 2.24) is 9.97 Å². The molecule has 0 unspecified atom stereocenters. The molecule has 0 amide bonds. The van der Waals surface area contributed by atoms with Crippen molar-refractivity contribution in [2.45, 2.75) is 0 Å². The summed E-state index contributed by atoms with van der Waals surface area (Å²) < 4.78 is 0. The molecule has 0 aliphatic heterocycles. The highest BCUT2D eigenvalue weighted by molar-refractivity contribution is 6.34. The normalized spacial score (nSPS) is 10.4. The van der Waals surface area contributed by atoms with Gasteiger partial charge in [0.1, 0.15) is 10.3 Å². The van der Waals surface area contributed by atoms with Gasteiger partial charge in [0, 0.05) is 11.8 Å². The van der Waals surface area contributed by atoms with E-state index in [-0.39, 0.29) is 5.15 Å². The molecule has 0 radical (unpaired) electrons. The first-order valence-corrected chi connectivity index (χ1v) is 5.45. The summed E-state index contributed by atoms with van der Waals surface area (Å²) >= 11 is 17.4. The summed E-state index contributed by atoms with van der Waals surface area (Å²) in [6.07, 6.45) is 1.47. The van der Waals surface area contributed by atoms with Gasteiger partial charge in [-0.3, -0.25) is 4.98 Å². The smallest absolute Gasteiger partial charge is 0.140 e. The average molecular weight is 275 g/mol. The zero-order chi connectivity index (χ0) is 11.7. The van der Waals surface area contributed by atoms with Crippen LogP contribution in [0.5, 0.6) is 0 Å². The number of hydrogen-bond acceptors (Lipinski definition) is 3. The molecule has 0 saturated heterocycles. The Labute approximate surface area is 107 Å². The molecule has 82 valence electrons. The Morgan fingerprint density at radius 3 is 2.50 bits per heavy atom. The zero-order valence-corrected chi connectivity index (χ0v) is 10.2. The third-order valence-electron chi connectivity index (χ3n) is 1.98. The lowest BCUT2D eigenvalue weighted by molar-refractivity contribution is 1.28. The highest BCUT2D eigenvalue weighted by Gasteiger charge is 2.08. The standard InChI is InChI=1S/C10H6Cl3N3/c11-6-4-15-8(3-7(6)14)5-1-2-9(12)16-10(5)13/h1-4H,(H2,14,15). The van der Waals surface area contributed by atoms with Gasteiger partial charge in [-0.15, -0.1) is 0 Å². The van der Waals surface area contributed by atoms with Crippen LogP contribution in [0.15, 0.2) is 24.4 Å². The highest BCUT2D eigenvalue weighted by Crippen LogP contribution is 2.29. The Morgan fingerprint density at radius 1 is 1.12 bits per heavy atom. The molecule has 2 aromatic heterocycles. The van der Waals surface area contributed by atoms with E-state index in [1.807, 2.05) is 0 Å². The van der Waals surface area contributed by atoms with Crippen LogP contribution in [0.4, 0.5) is 5.69 Å². The van der Waals surface area contributed by atoms with Crippen LogP contribution in [0.3, 0.4) is 0 Å². The summed E-state index contributed by atoms with van der Waals surface area (Å²) in [5.41, 5.74) is 7.39. The molecule has 0 aliphatic rings. The van der Waals surface area contributed by atoms with Crippen LogP contribution < -0.4 is 5.73 Å². The molecular weight excluding hydrogens is 268 g/mol. The molecule has 6 heteroatoms. The van der Waals surface area contributed by atoms with Gasteiger partial charge in [0.05, 0.1) is 16.4 Å². The van der Waals surface area contributed by atoms with E-state index < -0.39 is 0 Å². The van der Waals surface area contributed by atoms with Crippen LogP contribution in [0.2, 0.25) is 15.3 Å². The summed E-state index contributed by atoms with van der Waals surface area (Å²) in [6, 6.07) is 5.00. The minimum atomic E-state index is 0.279. The van der Waals surface area contributed by atoms with Crippen molar-refractivity contribution in [3.05, 3.63) is 39.7 Å². The quantitative estimate of drug-likeness (QED) is 0.807. The molecule has 2 N–H and O–H groups in total. The first-order chi connectivity index (χ1) is 7.58. The van der Waals surface area contributed by atoms with Crippen molar-refractivity contribution in [3.63, 3.8) is 0 Å². The van der Waals surface area contributed by atoms with Crippen LogP contribution in [0.1, 0.15) is 0 Å². The van der Waals surface area contributed by atoms with E-state index in [9.17, 15) is 0 Å². The average Bonchev–Trinajstić information content (AvgIpc) is 2.22. The molecule has 2 aromatic rings. The molecule has 0 aromatic carbocycles. The first-order valence-electron chi connectivity index (χ1n) is 4.31. The molecule has 0 atom stereocenters. The fourth-order valence-corrected chi connectivity index (χ4v) is 1.75. The molecule has 16 heavy (non-hydrogen) atoms. The Balaban J connectivity index is 2.54. The van der Waals surface area contributed by atoms with Crippen molar-refractivity contribution in [2.24, 2.45) is 0 Å². The van der Waals surface area contributed by atoms with Crippen LogP contribution in [-0.4, -0.2) is 9.97 Å². The van der Waals surface area contributed by atoms with E-state index in [0.717, 1.165) is 0 Å². The number of nitrogen functional groups attached to an aromatic ring is 1. The summed E-state index contributed by atoms with van der Waals surface area (Å²) in [5.74, 6) is 0. The Bertz CT molecular complexity index is 543. The van der Waals surface area contributed by atoms with Gasteiger partial charge < -0.3 is 5.73 Å². The highest BCUT2D eigenvalue weighted by atomic mass is 35.5. The SMILES string of the molecule is Nc1cc(-c2ccc(Cl)nc2Cl)ncc1Cl. The monoisotopic (exact) mass is 273 g/mol. The molecule has 2 heterocycles. The predicted molar refractivity (Wildman–Crippen MR) is 66.9 cm³/mol. The second kappa shape index (κ2) is 4.45. The van der Waals surface area contributed by atoms with Gasteiger partial charge in [0.2, 0.25) is 0 Å². The molecule has 0 bridgehead atoms. The Morgan fingerprint density at radius 2 is 1.88 bits per heavy atom. The number of rotatable bonds is 1. The molecule has 0 aliphatic carbocycles. The fourth-order valence-electron chi connectivity index (χ4n) is 1.20. The van der Waals surface area contributed by atoms with E-state index >= 15 is 0 Å². The van der Waals surface area contributed by atoms with Crippen molar-refractivity contribution in [3.8, 4) is 11.3 Å².